The molecule has 0 aliphatic heterocycles. The van der Waals surface area contributed by atoms with Gasteiger partial charge >= 0.3 is 17.9 Å². The Kier molecular flexibility index (Phi) is 50.1. The van der Waals surface area contributed by atoms with E-state index in [4.69, 9.17) is 14.2 Å². The second-order valence-electron chi connectivity index (χ2n) is 20.1. The van der Waals surface area contributed by atoms with Gasteiger partial charge in [-0.05, 0) is 25.2 Å². The molecule has 0 saturated heterocycles. The summed E-state index contributed by atoms with van der Waals surface area (Å²) in [7, 11) is 0. The van der Waals surface area contributed by atoms with Gasteiger partial charge in [0.15, 0.2) is 6.10 Å². The van der Waals surface area contributed by atoms with Crippen molar-refractivity contribution in [3.05, 3.63) is 0 Å². The Hall–Kier alpha value is -1.59. The number of hydrogen-bond donors (Lipinski definition) is 0. The van der Waals surface area contributed by atoms with Crippen LogP contribution >= 0.6 is 0 Å². The second kappa shape index (κ2) is 51.4. The van der Waals surface area contributed by atoms with Gasteiger partial charge in [-0.2, -0.15) is 0 Å². The van der Waals surface area contributed by atoms with Crippen molar-refractivity contribution in [1.29, 1.82) is 0 Å². The van der Waals surface area contributed by atoms with Crippen LogP contribution in [0.2, 0.25) is 0 Å². The topological polar surface area (TPSA) is 78.9 Å². The van der Waals surface area contributed by atoms with Crippen molar-refractivity contribution in [2.45, 2.75) is 329 Å². The third-order valence-corrected chi connectivity index (χ3v) is 13.0. The average Bonchev–Trinajstić information content (AvgIpc) is 3.27. The van der Waals surface area contributed by atoms with Crippen LogP contribution in [-0.2, 0) is 28.6 Å². The predicted molar refractivity (Wildman–Crippen MR) is 270 cm³/mol. The molecule has 0 unspecified atom stereocenters. The molecular weight excluding hydrogens is 781 g/mol. The molecule has 63 heavy (non-hydrogen) atoms. The van der Waals surface area contributed by atoms with Crippen LogP contribution in [0.15, 0.2) is 0 Å². The van der Waals surface area contributed by atoms with Gasteiger partial charge in [0.2, 0.25) is 0 Å². The molecule has 0 N–H and O–H groups in total. The zero-order valence-electron chi connectivity index (χ0n) is 43.0. The summed E-state index contributed by atoms with van der Waals surface area (Å²) < 4.78 is 16.9. The normalized spacial score (nSPS) is 12.0. The minimum absolute atomic E-state index is 0.0625. The van der Waals surface area contributed by atoms with Crippen LogP contribution in [-0.4, -0.2) is 37.2 Å². The summed E-state index contributed by atoms with van der Waals surface area (Å²) in [6.45, 7) is 9.02. The van der Waals surface area contributed by atoms with E-state index in [9.17, 15) is 14.4 Å². The van der Waals surface area contributed by atoms with Crippen LogP contribution < -0.4 is 0 Å². The van der Waals surface area contributed by atoms with Crippen molar-refractivity contribution in [2.24, 2.45) is 5.92 Å². The standard InChI is InChI=1S/C57H110O6/c1-5-7-9-11-13-15-17-19-21-22-23-24-26-27-29-31-36-40-44-48-55(58)61-51-54(52-62-56(59)49-45-41-37-34-33-35-39-43-47-53(3)4)63-57(60)50-46-42-38-32-30-28-25-20-18-16-14-12-10-8-6-2/h53-54H,5-52H2,1-4H3/t54-/m1/s1. The van der Waals surface area contributed by atoms with E-state index in [2.05, 4.69) is 27.7 Å². The summed E-state index contributed by atoms with van der Waals surface area (Å²) in [6.07, 6.45) is 55.3. The Balaban J connectivity index is 4.25. The molecule has 0 amide bonds. The molecule has 0 radical (unpaired) electrons. The van der Waals surface area contributed by atoms with Crippen molar-refractivity contribution in [3.63, 3.8) is 0 Å². The molecule has 0 spiro atoms. The number of hydrogen-bond acceptors (Lipinski definition) is 6. The summed E-state index contributed by atoms with van der Waals surface area (Å²) in [4.78, 5) is 38.0. The third kappa shape index (κ3) is 51.3. The van der Waals surface area contributed by atoms with Crippen molar-refractivity contribution >= 4 is 17.9 Å². The fourth-order valence-corrected chi connectivity index (χ4v) is 8.75. The summed E-state index contributed by atoms with van der Waals surface area (Å²) >= 11 is 0. The van der Waals surface area contributed by atoms with Crippen LogP contribution in [0.4, 0.5) is 0 Å². The van der Waals surface area contributed by atoms with E-state index in [-0.39, 0.29) is 31.1 Å². The molecule has 0 bridgehead atoms. The number of esters is 3. The Morgan fingerprint density at radius 2 is 0.524 bits per heavy atom. The lowest BCUT2D eigenvalue weighted by atomic mass is 10.0. The first-order chi connectivity index (χ1) is 30.9. The van der Waals surface area contributed by atoms with Gasteiger partial charge in [-0.25, -0.2) is 0 Å². The van der Waals surface area contributed by atoms with Gasteiger partial charge in [-0.15, -0.1) is 0 Å². The maximum absolute atomic E-state index is 12.8. The largest absolute Gasteiger partial charge is 0.462 e. The maximum atomic E-state index is 12.8. The van der Waals surface area contributed by atoms with Crippen LogP contribution in [0.3, 0.4) is 0 Å². The SMILES string of the molecule is CCCCCCCCCCCCCCCCCCCCCC(=O)OC[C@H](COC(=O)CCCCCCCCCCC(C)C)OC(=O)CCCCCCCCCCCCCCCCC. The van der Waals surface area contributed by atoms with Gasteiger partial charge in [-0.3, -0.25) is 14.4 Å². The number of unbranched alkanes of at least 4 members (excludes halogenated alkanes) is 39. The van der Waals surface area contributed by atoms with Crippen molar-refractivity contribution < 1.29 is 28.6 Å². The Morgan fingerprint density at radius 1 is 0.302 bits per heavy atom. The Labute approximate surface area is 393 Å². The summed E-state index contributed by atoms with van der Waals surface area (Å²) in [5.74, 6) is -0.0436. The molecule has 1 atom stereocenters. The highest BCUT2D eigenvalue weighted by Gasteiger charge is 2.19. The quantitative estimate of drug-likeness (QED) is 0.0344. The van der Waals surface area contributed by atoms with Crippen molar-refractivity contribution in [3.8, 4) is 0 Å². The smallest absolute Gasteiger partial charge is 0.306 e. The highest BCUT2D eigenvalue weighted by Crippen LogP contribution is 2.18. The first-order valence-corrected chi connectivity index (χ1v) is 28.4. The van der Waals surface area contributed by atoms with Gasteiger partial charge < -0.3 is 14.2 Å². The lowest BCUT2D eigenvalue weighted by molar-refractivity contribution is -0.167. The molecular formula is C57H110O6. The van der Waals surface area contributed by atoms with Crippen LogP contribution in [0.25, 0.3) is 0 Å². The van der Waals surface area contributed by atoms with E-state index in [1.165, 1.54) is 218 Å². The van der Waals surface area contributed by atoms with E-state index < -0.39 is 6.10 Å². The number of carbonyl (C=O) groups is 3. The number of carbonyl (C=O) groups excluding carboxylic acids is 3. The molecule has 0 heterocycles. The fourth-order valence-electron chi connectivity index (χ4n) is 8.75. The first kappa shape index (κ1) is 61.4. The Bertz CT molecular complexity index is 949. The minimum Gasteiger partial charge on any atom is -0.462 e. The summed E-state index contributed by atoms with van der Waals surface area (Å²) in [6, 6.07) is 0. The molecule has 0 saturated carbocycles. The maximum Gasteiger partial charge on any atom is 0.306 e. The fraction of sp³-hybridized carbons (Fsp3) is 0.947. The lowest BCUT2D eigenvalue weighted by Crippen LogP contribution is -2.30. The molecule has 0 rings (SSSR count). The van der Waals surface area contributed by atoms with Gasteiger partial charge in [0.05, 0.1) is 0 Å². The van der Waals surface area contributed by atoms with Crippen molar-refractivity contribution in [1.82, 2.24) is 0 Å². The van der Waals surface area contributed by atoms with Crippen LogP contribution in [0.1, 0.15) is 323 Å². The number of ether oxygens (including phenoxy) is 3. The van der Waals surface area contributed by atoms with E-state index in [1.54, 1.807) is 0 Å². The Morgan fingerprint density at radius 3 is 0.778 bits per heavy atom. The molecule has 0 aromatic rings. The lowest BCUT2D eigenvalue weighted by Gasteiger charge is -2.18. The van der Waals surface area contributed by atoms with E-state index in [0.717, 1.165) is 63.7 Å². The van der Waals surface area contributed by atoms with E-state index >= 15 is 0 Å². The third-order valence-electron chi connectivity index (χ3n) is 13.0. The summed E-state index contributed by atoms with van der Waals surface area (Å²) in [5, 5.41) is 0. The average molecular weight is 892 g/mol. The second-order valence-corrected chi connectivity index (χ2v) is 20.1. The van der Waals surface area contributed by atoms with Crippen LogP contribution in [0.5, 0.6) is 0 Å². The highest BCUT2D eigenvalue weighted by atomic mass is 16.6. The van der Waals surface area contributed by atoms with Gasteiger partial charge in [0.1, 0.15) is 13.2 Å². The summed E-state index contributed by atoms with van der Waals surface area (Å²) in [5.41, 5.74) is 0. The molecule has 0 aliphatic carbocycles. The van der Waals surface area contributed by atoms with Crippen LogP contribution in [0, 0.1) is 5.92 Å². The monoisotopic (exact) mass is 891 g/mol. The zero-order chi connectivity index (χ0) is 45.9. The molecule has 6 nitrogen and oxygen atoms in total. The van der Waals surface area contributed by atoms with Gasteiger partial charge in [0, 0.05) is 19.3 Å². The molecule has 0 aromatic heterocycles. The molecule has 0 aliphatic rings. The molecule has 0 fully saturated rings. The number of rotatable bonds is 52. The first-order valence-electron chi connectivity index (χ1n) is 28.4. The minimum atomic E-state index is -0.762. The molecule has 374 valence electrons. The molecule has 6 heteroatoms. The van der Waals surface area contributed by atoms with Crippen molar-refractivity contribution in [2.75, 3.05) is 13.2 Å². The predicted octanol–water partition coefficient (Wildman–Crippen LogP) is 18.6. The highest BCUT2D eigenvalue weighted by molar-refractivity contribution is 5.71. The van der Waals surface area contributed by atoms with Gasteiger partial charge in [-0.1, -0.05) is 285 Å². The zero-order valence-corrected chi connectivity index (χ0v) is 43.0. The van der Waals surface area contributed by atoms with E-state index in [0.29, 0.717) is 19.3 Å². The van der Waals surface area contributed by atoms with E-state index in [1.807, 2.05) is 0 Å². The molecule has 0 aromatic carbocycles. The van der Waals surface area contributed by atoms with Gasteiger partial charge in [0.25, 0.3) is 0 Å².